The van der Waals surface area contributed by atoms with Crippen molar-refractivity contribution < 1.29 is 9.59 Å². The minimum Gasteiger partial charge on any atom is -0.353 e. The molecule has 5 unspecified atom stereocenters. The Morgan fingerprint density at radius 3 is 2.56 bits per heavy atom. The normalized spacial score (nSPS) is 48.6. The maximum Gasteiger partial charge on any atom is 0.239 e. The molecular weight excluding hydrogens is 230 g/mol. The molecule has 4 rings (SSSR count). The van der Waals surface area contributed by atoms with Crippen LogP contribution in [0.3, 0.4) is 0 Å². The van der Waals surface area contributed by atoms with Crippen molar-refractivity contribution in [2.75, 3.05) is 13.1 Å². The first-order chi connectivity index (χ1) is 8.74. The Labute approximate surface area is 106 Å². The number of rotatable bonds is 2. The largest absolute Gasteiger partial charge is 0.353 e. The van der Waals surface area contributed by atoms with Crippen LogP contribution in [-0.2, 0) is 9.59 Å². The van der Waals surface area contributed by atoms with Gasteiger partial charge in [0.15, 0.2) is 0 Å². The second-order valence-electron chi connectivity index (χ2n) is 6.26. The van der Waals surface area contributed by atoms with Gasteiger partial charge in [0.2, 0.25) is 11.8 Å². The van der Waals surface area contributed by atoms with Crippen LogP contribution in [0.1, 0.15) is 19.3 Å². The number of amides is 2. The lowest BCUT2D eigenvalue weighted by molar-refractivity contribution is -0.126. The van der Waals surface area contributed by atoms with E-state index in [0.29, 0.717) is 12.6 Å². The Bertz CT molecular complexity index is 385. The molecule has 1 saturated heterocycles. The number of hydrogen-bond donors (Lipinski definition) is 3. The topological polar surface area (TPSA) is 70.2 Å². The zero-order valence-corrected chi connectivity index (χ0v) is 10.3. The molecule has 1 aliphatic heterocycles. The van der Waals surface area contributed by atoms with E-state index in [0.717, 1.165) is 23.7 Å². The lowest BCUT2D eigenvalue weighted by Gasteiger charge is -2.23. The predicted molar refractivity (Wildman–Crippen MR) is 64.5 cm³/mol. The summed E-state index contributed by atoms with van der Waals surface area (Å²) in [5.41, 5.74) is 0. The highest BCUT2D eigenvalue weighted by Gasteiger charge is 2.65. The van der Waals surface area contributed by atoms with E-state index in [-0.39, 0.29) is 24.4 Å². The van der Waals surface area contributed by atoms with E-state index in [1.165, 1.54) is 19.3 Å². The van der Waals surface area contributed by atoms with Crippen molar-refractivity contribution in [2.45, 2.75) is 31.3 Å². The van der Waals surface area contributed by atoms with Crippen LogP contribution in [0.15, 0.2) is 0 Å². The summed E-state index contributed by atoms with van der Waals surface area (Å²) in [6.45, 7) is 0.667. The Morgan fingerprint density at radius 1 is 1.22 bits per heavy atom. The fraction of sp³-hybridized carbons (Fsp3) is 0.846. The Hall–Kier alpha value is -1.10. The first-order valence-corrected chi connectivity index (χ1v) is 7.04. The van der Waals surface area contributed by atoms with Crippen molar-refractivity contribution in [1.29, 1.82) is 0 Å². The van der Waals surface area contributed by atoms with Crippen LogP contribution in [-0.4, -0.2) is 37.0 Å². The summed E-state index contributed by atoms with van der Waals surface area (Å²) in [6, 6.07) is 0.185. The van der Waals surface area contributed by atoms with E-state index in [1.54, 1.807) is 0 Å². The van der Waals surface area contributed by atoms with Crippen LogP contribution in [0.2, 0.25) is 0 Å². The van der Waals surface area contributed by atoms with Crippen molar-refractivity contribution in [3.8, 4) is 0 Å². The van der Waals surface area contributed by atoms with E-state index in [2.05, 4.69) is 16.0 Å². The molecule has 2 bridgehead atoms. The van der Waals surface area contributed by atoms with Crippen molar-refractivity contribution in [3.63, 3.8) is 0 Å². The van der Waals surface area contributed by atoms with Gasteiger partial charge in [0.25, 0.3) is 0 Å². The van der Waals surface area contributed by atoms with Gasteiger partial charge in [-0.3, -0.25) is 14.9 Å². The van der Waals surface area contributed by atoms with Gasteiger partial charge in [-0.25, -0.2) is 0 Å². The second kappa shape index (κ2) is 3.70. The monoisotopic (exact) mass is 249 g/mol. The summed E-state index contributed by atoms with van der Waals surface area (Å²) in [7, 11) is 0. The number of fused-ring (bicyclic) bond motifs is 5. The molecule has 2 amide bonds. The molecule has 5 atom stereocenters. The van der Waals surface area contributed by atoms with Crippen molar-refractivity contribution >= 4 is 11.8 Å². The zero-order valence-electron chi connectivity index (χ0n) is 10.3. The van der Waals surface area contributed by atoms with Crippen molar-refractivity contribution in [2.24, 2.45) is 23.7 Å². The Morgan fingerprint density at radius 2 is 1.94 bits per heavy atom. The average Bonchev–Trinajstić information content (AvgIpc) is 2.78. The van der Waals surface area contributed by atoms with Gasteiger partial charge in [-0.15, -0.1) is 0 Å². The van der Waals surface area contributed by atoms with Gasteiger partial charge < -0.3 is 10.6 Å². The summed E-state index contributed by atoms with van der Waals surface area (Å²) in [5.74, 6) is 3.33. The lowest BCUT2D eigenvalue weighted by atomic mass is 10.0. The second-order valence-corrected chi connectivity index (χ2v) is 6.26. The SMILES string of the molecule is O=C1CNC(C(=O)NC2C3C4CCC(C4)C23)CN1. The molecule has 4 aliphatic rings. The molecule has 18 heavy (non-hydrogen) atoms. The van der Waals surface area contributed by atoms with E-state index in [9.17, 15) is 9.59 Å². The molecule has 0 radical (unpaired) electrons. The maximum absolute atomic E-state index is 12.1. The molecule has 98 valence electrons. The smallest absolute Gasteiger partial charge is 0.239 e. The molecule has 0 aromatic heterocycles. The highest BCUT2D eigenvalue weighted by molar-refractivity contribution is 5.87. The summed E-state index contributed by atoms with van der Waals surface area (Å²) >= 11 is 0. The molecule has 3 N–H and O–H groups in total. The van der Waals surface area contributed by atoms with Gasteiger partial charge >= 0.3 is 0 Å². The number of carbonyl (C=O) groups is 2. The highest BCUT2D eigenvalue weighted by Crippen LogP contribution is 2.65. The van der Waals surface area contributed by atoms with Crippen LogP contribution in [0, 0.1) is 23.7 Å². The highest BCUT2D eigenvalue weighted by atomic mass is 16.2. The number of nitrogens with one attached hydrogen (secondary N) is 3. The van der Waals surface area contributed by atoms with E-state index in [4.69, 9.17) is 0 Å². The minimum atomic E-state index is -0.248. The van der Waals surface area contributed by atoms with E-state index >= 15 is 0 Å². The first-order valence-electron chi connectivity index (χ1n) is 7.04. The third-order valence-corrected chi connectivity index (χ3v) is 5.37. The molecule has 3 saturated carbocycles. The molecular formula is C13H19N3O2. The Balaban J connectivity index is 1.34. The van der Waals surface area contributed by atoms with Gasteiger partial charge in [0, 0.05) is 12.6 Å². The number of hydrogen-bond acceptors (Lipinski definition) is 3. The van der Waals surface area contributed by atoms with Gasteiger partial charge in [-0.2, -0.15) is 0 Å². The fourth-order valence-corrected chi connectivity index (χ4v) is 4.54. The summed E-state index contributed by atoms with van der Waals surface area (Å²) in [5, 5.41) is 8.89. The van der Waals surface area contributed by atoms with Gasteiger partial charge in [0.05, 0.1) is 6.54 Å². The minimum absolute atomic E-state index is 0.0274. The first kappa shape index (κ1) is 10.8. The molecule has 0 spiro atoms. The molecule has 5 nitrogen and oxygen atoms in total. The zero-order chi connectivity index (χ0) is 12.3. The fourth-order valence-electron chi connectivity index (χ4n) is 4.54. The third kappa shape index (κ3) is 1.49. The summed E-state index contributed by atoms with van der Waals surface area (Å²) in [4.78, 5) is 23.1. The van der Waals surface area contributed by atoms with E-state index in [1.807, 2.05) is 0 Å². The van der Waals surface area contributed by atoms with Gasteiger partial charge in [-0.05, 0) is 42.9 Å². The molecule has 0 aromatic rings. The molecule has 1 heterocycles. The van der Waals surface area contributed by atoms with Crippen molar-refractivity contribution in [3.05, 3.63) is 0 Å². The third-order valence-electron chi connectivity index (χ3n) is 5.37. The van der Waals surface area contributed by atoms with Crippen LogP contribution in [0.5, 0.6) is 0 Å². The van der Waals surface area contributed by atoms with E-state index < -0.39 is 0 Å². The van der Waals surface area contributed by atoms with Crippen LogP contribution < -0.4 is 16.0 Å². The maximum atomic E-state index is 12.1. The summed E-state index contributed by atoms with van der Waals surface area (Å²) in [6.07, 6.45) is 4.14. The quantitative estimate of drug-likeness (QED) is 0.602. The average molecular weight is 249 g/mol. The van der Waals surface area contributed by atoms with Crippen LogP contribution in [0.25, 0.3) is 0 Å². The van der Waals surface area contributed by atoms with Crippen LogP contribution in [0.4, 0.5) is 0 Å². The van der Waals surface area contributed by atoms with Gasteiger partial charge in [-0.1, -0.05) is 0 Å². The van der Waals surface area contributed by atoms with Gasteiger partial charge in [0.1, 0.15) is 6.04 Å². The standard InChI is InChI=1S/C13H19N3O2/c17-9-5-14-8(4-15-9)13(18)16-12-10-6-1-2-7(3-6)11(10)12/h6-8,10-12,14H,1-5H2,(H,15,17)(H,16,18). The van der Waals surface area contributed by atoms with Crippen molar-refractivity contribution in [1.82, 2.24) is 16.0 Å². The number of carbonyl (C=O) groups excluding carboxylic acids is 2. The molecule has 5 heteroatoms. The van der Waals surface area contributed by atoms with Crippen LogP contribution >= 0.6 is 0 Å². The predicted octanol–water partition coefficient (Wildman–Crippen LogP) is -0.765. The summed E-state index contributed by atoms with van der Waals surface area (Å²) < 4.78 is 0. The molecule has 3 aliphatic carbocycles. The Kier molecular flexibility index (Phi) is 2.22. The molecule has 4 fully saturated rings. The molecule has 0 aromatic carbocycles. The number of piperazine rings is 1. The lowest BCUT2D eigenvalue weighted by Crippen LogP contribution is -2.58.